The fourth-order valence-corrected chi connectivity index (χ4v) is 10.8. The van der Waals surface area contributed by atoms with Gasteiger partial charge in [0.2, 0.25) is 138 Å². The number of nitrogens with one attached hydrogen (secondary N) is 17. The molecule has 0 radical (unpaired) electrons. The van der Waals surface area contributed by atoms with Crippen LogP contribution in [-0.2, 0) is 32.1 Å². The molecule has 0 atom stereocenters. The number of fused-ring (bicyclic) bond motifs is 1. The van der Waals surface area contributed by atoms with E-state index >= 15 is 0 Å². The molecule has 1 aliphatic heterocycles. The fraction of sp³-hybridized carbons (Fsp3) is 0.300. The number of phenolic OH excluding ortho intramolecular Hbond substituents is 2. The molecule has 13 aromatic heterocycles. The van der Waals surface area contributed by atoms with Crippen molar-refractivity contribution < 1.29 is 28.5 Å². The minimum atomic E-state index is -0.122. The number of phenols is 2. The van der Waals surface area contributed by atoms with Crippen molar-refractivity contribution >= 4 is 148 Å². The predicted molar refractivity (Wildman–Crippen MR) is 542 cm³/mol. The third-order valence-electron chi connectivity index (χ3n) is 17.1. The van der Waals surface area contributed by atoms with Crippen LogP contribution in [0.3, 0.4) is 0 Å². The van der Waals surface area contributed by atoms with E-state index in [-0.39, 0.29) is 47.2 Å². The fourth-order valence-electron chi connectivity index (χ4n) is 10.7. The van der Waals surface area contributed by atoms with Crippen LogP contribution >= 0.6 is 11.6 Å². The molecule has 61 nitrogen and oxygen atoms in total. The number of ether oxygens (including phenoxy) is 2. The Morgan fingerprint density at radius 2 is 0.824 bits per heavy atom. The number of aromatic hydroxyl groups is 2. The van der Waals surface area contributed by atoms with Crippen molar-refractivity contribution in [2.24, 2.45) is 0 Å². The van der Waals surface area contributed by atoms with Gasteiger partial charge in [0.1, 0.15) is 17.4 Å². The molecule has 0 aliphatic carbocycles. The van der Waals surface area contributed by atoms with E-state index in [0.29, 0.717) is 144 Å². The van der Waals surface area contributed by atoms with Gasteiger partial charge in [-0.1, -0.05) is 67.4 Å². The smallest absolute Gasteiger partial charge is 0.245 e. The van der Waals surface area contributed by atoms with Gasteiger partial charge in [0.25, 0.3) is 0 Å². The highest BCUT2D eigenvalue weighted by molar-refractivity contribution is 6.30. The Morgan fingerprint density at radius 3 is 1.23 bits per heavy atom. The van der Waals surface area contributed by atoms with E-state index in [2.05, 4.69) is 228 Å². The van der Waals surface area contributed by atoms with Crippen LogP contribution in [0.5, 0.6) is 23.0 Å². The number of nitrogens with zero attached hydrogens (tertiary/aromatic N) is 26. The lowest BCUT2D eigenvalue weighted by atomic mass is 10.1. The maximum absolute atomic E-state index is 9.30. The van der Waals surface area contributed by atoms with Crippen LogP contribution in [0.4, 0.5) is 137 Å². The number of H-pyrrole nitrogens is 9. The van der Waals surface area contributed by atoms with Gasteiger partial charge in [-0.15, -0.1) is 45.9 Å². The standard InChI is InChI=1S/C11H14ClN5.C11H13N5O2.C10H13N5O2.C10H13N5.2C8H11N5O.C6H11N5.C6H13N5.C4H9N5.C4H7N5.C2H5N5/c1-7(2)13-10-15-11(17-16-10)14-9-5-3-8(12)4-6-9;12-10-14-11(16-15-10)13-4-3-7-1-2-8-9(5-7)18-6-17-8;11-9-13-10(15-14-9)12-4-3-6-1-2-7(16)8(17)5-6;11-9-13-10(15-14-9)12-7-6-8-4-2-1-3-5-8;9-7-11-8(13-12-7)10-3-1-6-2-4-14-5-6;9-7-11-8(13-12-7)10-4-3-6-2-1-5-14-6;1-4-8-5(7)10-6(9-4)11(2)3;1-2-3-4-8-6-9-5(7)10-11-6;1-9(2)4-6-3(5)7-8-4;1-2-7-3(5)9-4(6)8-2;3-1-5-2(4)7-6-1/h3-7H,1-2H3,(H3,13,14,15,16,17);1-2,5H,3-4,6H2,(H4,12,13,14,15,16);1-2,5,16-17H,3-4H2,(H4,11,12,13,14,15);1-5H,6-7H2,(H4,11,12,13,14,15);2,4-5H,1,3H2,(H4,9,10,11,12,13);1-2,5H,3-4H2,(H4,9,10,11,12,13);1-3H3,(H2,7,8,9,10);2-4H2,1H3,(H4,7,8,9,10,11);1-2H3,(H3,5,6,7,8);1H3,(H4,5,6,7,8,9);(H5,3,4,5,6,7). The molecule has 0 fully saturated rings. The second-order valence-corrected chi connectivity index (χ2v) is 30.0. The number of aromatic amines is 9. The third-order valence-corrected chi connectivity index (χ3v) is 17.4. The number of benzene rings is 4. The number of nitrogen functional groups attached to an aromatic ring is 12. The zero-order valence-electron chi connectivity index (χ0n) is 79.1. The van der Waals surface area contributed by atoms with E-state index in [1.807, 2.05) is 121 Å². The normalized spacial score (nSPS) is 10.4. The zero-order valence-corrected chi connectivity index (χ0v) is 79.8. The molecule has 0 unspecified atom stereocenters. The summed E-state index contributed by atoms with van der Waals surface area (Å²) in [5, 5.41) is 101. The second kappa shape index (κ2) is 58.2. The second-order valence-electron chi connectivity index (χ2n) is 29.6. The Kier molecular flexibility index (Phi) is 44.3. The van der Waals surface area contributed by atoms with Crippen molar-refractivity contribution in [2.45, 2.75) is 85.6 Å². The molecule has 4 aromatic carbocycles. The van der Waals surface area contributed by atoms with E-state index in [9.17, 15) is 5.11 Å². The average Bonchev–Trinajstić information content (AvgIpc) is 1.68. The molecule has 43 N–H and O–H groups in total. The van der Waals surface area contributed by atoms with Crippen molar-refractivity contribution in [2.75, 3.05) is 195 Å². The minimum absolute atomic E-state index is 0.121. The Hall–Kier alpha value is -19.2. The highest BCUT2D eigenvalue weighted by atomic mass is 35.5. The highest BCUT2D eigenvalue weighted by Gasteiger charge is 2.15. The molecule has 142 heavy (non-hydrogen) atoms. The summed E-state index contributed by atoms with van der Waals surface area (Å²) < 4.78 is 20.7. The SMILES string of the molecule is CC(C)Nc1n[nH]c(Nc2ccc(Cl)cc2)n1.CCCCNc1n[nH]c(N)n1.CN(C)c1n[nH]c(N)n1.Cc1nc(N)nc(N(C)C)n1.Cc1nc(N)nc(N)n1.Nc1n[nH]c(N)n1.Nc1nc(NCCc2ccc(O)c(O)c2)n[nH]1.Nc1nc(NCCc2ccc3c(c2)OCO3)n[nH]1.Nc1nc(NCCc2ccccc2)n[nH]1.Nc1nc(NCCc2ccco2)n[nH]1.Nc1nc(NCCc2ccoc2)n[nH]1. The molecule has 758 valence electrons. The Balaban J connectivity index is 0.000000193. The summed E-state index contributed by atoms with van der Waals surface area (Å²) in [5.74, 6) is 12.2. The van der Waals surface area contributed by atoms with Gasteiger partial charge in [-0.3, -0.25) is 0 Å². The van der Waals surface area contributed by atoms with Gasteiger partial charge >= 0.3 is 0 Å². The number of anilines is 23. The summed E-state index contributed by atoms with van der Waals surface area (Å²) in [4.78, 5) is 61.4. The molecular weight excluding hydrogens is 1860 g/mol. The summed E-state index contributed by atoms with van der Waals surface area (Å²) in [7, 11) is 7.41. The van der Waals surface area contributed by atoms with Gasteiger partial charge in [-0.05, 0) is 149 Å². The first-order valence-corrected chi connectivity index (χ1v) is 43.5. The molecule has 62 heteroatoms. The number of hydrogen-bond donors (Lipinski definition) is 31. The van der Waals surface area contributed by atoms with Crippen LogP contribution in [0.25, 0.3) is 0 Å². The van der Waals surface area contributed by atoms with E-state index < -0.39 is 0 Å². The number of nitrogens with two attached hydrogens (primary N) is 12. The summed E-state index contributed by atoms with van der Waals surface area (Å²) in [6, 6.07) is 34.3. The summed E-state index contributed by atoms with van der Waals surface area (Å²) in [5.41, 5.74) is 68.8. The van der Waals surface area contributed by atoms with Crippen LogP contribution in [0.1, 0.15) is 73.3 Å². The van der Waals surface area contributed by atoms with Crippen LogP contribution in [-0.4, -0.2) is 257 Å². The number of aromatic nitrogens is 33. The molecule has 0 spiro atoms. The lowest BCUT2D eigenvalue weighted by molar-refractivity contribution is 0.174. The molecule has 0 saturated carbocycles. The molecule has 18 rings (SSSR count). The number of furan rings is 2. The number of halogens is 1. The summed E-state index contributed by atoms with van der Waals surface area (Å²) >= 11 is 5.80. The van der Waals surface area contributed by atoms with Gasteiger partial charge in [-0.25, -0.2) is 45.9 Å². The Morgan fingerprint density at radius 1 is 0.380 bits per heavy atom. The minimum Gasteiger partial charge on any atom is -0.504 e. The quantitative estimate of drug-likeness (QED) is 0.0213. The molecule has 17 aromatic rings. The molecule has 14 heterocycles. The predicted octanol–water partition coefficient (Wildman–Crippen LogP) is 4.75. The van der Waals surface area contributed by atoms with Crippen LogP contribution < -0.4 is 131 Å². The van der Waals surface area contributed by atoms with Crippen molar-refractivity contribution in [1.82, 2.24) is 167 Å². The lowest BCUT2D eigenvalue weighted by Gasteiger charge is -2.09. The van der Waals surface area contributed by atoms with Crippen molar-refractivity contribution in [1.29, 1.82) is 0 Å². The first kappa shape index (κ1) is 108. The van der Waals surface area contributed by atoms with Crippen LogP contribution in [0.2, 0.25) is 5.02 Å². The van der Waals surface area contributed by atoms with Gasteiger partial charge in [0, 0.05) is 90.6 Å². The van der Waals surface area contributed by atoms with Crippen molar-refractivity contribution in [3.63, 3.8) is 0 Å². The molecular formula is C80H120ClN55O6. The maximum Gasteiger partial charge on any atom is 0.245 e. The van der Waals surface area contributed by atoms with Crippen molar-refractivity contribution in [3.8, 4) is 23.0 Å². The monoisotopic (exact) mass is 1980 g/mol. The number of aryl methyl sites for hydroxylation is 2. The first-order valence-electron chi connectivity index (χ1n) is 43.1. The highest BCUT2D eigenvalue weighted by Crippen LogP contribution is 2.33. The summed E-state index contributed by atoms with van der Waals surface area (Å²) in [6.45, 7) is 14.4. The van der Waals surface area contributed by atoms with Gasteiger partial charge in [-0.2, -0.15) is 74.8 Å². The van der Waals surface area contributed by atoms with Gasteiger partial charge < -0.3 is 150 Å². The van der Waals surface area contributed by atoms with E-state index in [0.717, 1.165) is 104 Å². The van der Waals surface area contributed by atoms with E-state index in [1.54, 1.807) is 48.5 Å². The number of unbranched alkanes of at least 4 members (excludes halogenated alkanes) is 1. The van der Waals surface area contributed by atoms with E-state index in [1.165, 1.54) is 17.7 Å². The van der Waals surface area contributed by atoms with Crippen LogP contribution in [0.15, 0.2) is 137 Å². The van der Waals surface area contributed by atoms with Crippen molar-refractivity contribution in [3.05, 3.63) is 173 Å². The largest absolute Gasteiger partial charge is 0.504 e. The molecule has 1 aliphatic rings. The van der Waals surface area contributed by atoms with Gasteiger partial charge in [0.05, 0.1) is 18.8 Å². The number of rotatable bonds is 30. The maximum atomic E-state index is 9.30. The molecule has 0 saturated heterocycles. The lowest BCUT2D eigenvalue weighted by Crippen LogP contribution is -2.15. The topological polar surface area (TPSA) is 952 Å². The number of hydrogen-bond acceptors (Lipinski definition) is 52. The molecule has 0 amide bonds. The van der Waals surface area contributed by atoms with E-state index in [4.69, 9.17) is 104 Å². The summed E-state index contributed by atoms with van der Waals surface area (Å²) in [6.07, 6.45) is 11.4. The average molecular weight is 1980 g/mol. The first-order chi connectivity index (χ1) is 68.2. The molecule has 0 bridgehead atoms. The third kappa shape index (κ3) is 43.0. The zero-order chi connectivity index (χ0) is 103. The Labute approximate surface area is 816 Å². The van der Waals surface area contributed by atoms with Gasteiger partial charge in [0.15, 0.2) is 23.0 Å². The van der Waals surface area contributed by atoms with Crippen LogP contribution in [0, 0.1) is 13.8 Å². The Bertz CT molecular complexity index is 6150.